The Bertz CT molecular complexity index is 1290. The van der Waals surface area contributed by atoms with E-state index in [0.29, 0.717) is 23.7 Å². The van der Waals surface area contributed by atoms with Crippen molar-refractivity contribution in [1.82, 2.24) is 0 Å². The van der Waals surface area contributed by atoms with Gasteiger partial charge >= 0.3 is 23.9 Å². The van der Waals surface area contributed by atoms with E-state index in [1.807, 2.05) is 55.4 Å². The Balaban J connectivity index is 0. The van der Waals surface area contributed by atoms with Crippen molar-refractivity contribution in [3.8, 4) is 0 Å². The maximum atomic E-state index is 12.6. The zero-order chi connectivity index (χ0) is 38.4. The fourth-order valence-electron chi connectivity index (χ4n) is 10.5. The molecule has 344 valence electrons. The summed E-state index contributed by atoms with van der Waals surface area (Å²) in [5, 5.41) is 0. The summed E-state index contributed by atoms with van der Waals surface area (Å²) in [4.78, 5) is 48.2. The monoisotopic (exact) mass is 825 g/mol. The average molecular weight is 825 g/mol. The van der Waals surface area contributed by atoms with Crippen LogP contribution in [0.25, 0.3) is 0 Å². The SMILES string of the molecule is C.C.C.C.C.C.CCC(C)(C)C(=O)OC1(C)CCCC1.CCC(C)(C)C(=O)OC1(CC)C2CC3CC(C2)CC1C3.CCC(C)(C)C(=O)OC1C2CC3C(=O)OC1C3C2. The van der Waals surface area contributed by atoms with E-state index < -0.39 is 5.41 Å². The summed E-state index contributed by atoms with van der Waals surface area (Å²) in [6, 6.07) is 0. The molecule has 7 saturated carbocycles. The van der Waals surface area contributed by atoms with Gasteiger partial charge in [-0.15, -0.1) is 0 Å². The second kappa shape index (κ2) is 21.6. The molecule has 8 aliphatic rings. The highest BCUT2D eigenvalue weighted by Crippen LogP contribution is 2.61. The van der Waals surface area contributed by atoms with Gasteiger partial charge in [-0.3, -0.25) is 19.2 Å². The van der Waals surface area contributed by atoms with E-state index in [-0.39, 0.29) is 109 Å². The molecule has 0 N–H and O–H groups in total. The van der Waals surface area contributed by atoms with Crippen LogP contribution in [0, 0.1) is 57.7 Å². The van der Waals surface area contributed by atoms with E-state index in [1.54, 1.807) is 0 Å². The second-order valence-electron chi connectivity index (χ2n) is 20.0. The maximum absolute atomic E-state index is 12.6. The molecule has 8 fully saturated rings. The summed E-state index contributed by atoms with van der Waals surface area (Å²) in [6.45, 7) is 22.1. The predicted octanol–water partition coefficient (Wildman–Crippen LogP) is 13.6. The molecule has 0 aromatic carbocycles. The van der Waals surface area contributed by atoms with Crippen LogP contribution in [-0.4, -0.2) is 47.3 Å². The highest BCUT2D eigenvalue weighted by atomic mass is 16.6. The zero-order valence-corrected chi connectivity index (χ0v) is 34.6. The van der Waals surface area contributed by atoms with Crippen LogP contribution in [0.2, 0.25) is 0 Å². The van der Waals surface area contributed by atoms with Crippen LogP contribution in [0.5, 0.6) is 0 Å². The molecule has 1 heterocycles. The summed E-state index contributed by atoms with van der Waals surface area (Å²) < 4.78 is 22.9. The van der Waals surface area contributed by atoms with Gasteiger partial charge in [-0.05, 0) is 168 Å². The van der Waals surface area contributed by atoms with Crippen molar-refractivity contribution in [3.63, 3.8) is 0 Å². The third-order valence-electron chi connectivity index (χ3n) is 15.3. The van der Waals surface area contributed by atoms with Crippen molar-refractivity contribution in [2.45, 2.75) is 240 Å². The Morgan fingerprint density at radius 3 is 1.50 bits per heavy atom. The minimum absolute atomic E-state index is 0. The number of fused-ring (bicyclic) bond motifs is 1. The van der Waals surface area contributed by atoms with Crippen molar-refractivity contribution in [2.75, 3.05) is 0 Å². The van der Waals surface area contributed by atoms with E-state index in [9.17, 15) is 19.2 Å². The Morgan fingerprint density at radius 2 is 1.07 bits per heavy atom. The molecule has 0 radical (unpaired) electrons. The summed E-state index contributed by atoms with van der Waals surface area (Å²) in [5.41, 5.74) is -1.42. The molecular weight excluding hydrogens is 729 g/mol. The van der Waals surface area contributed by atoms with Gasteiger partial charge in [-0.1, -0.05) is 72.3 Å². The van der Waals surface area contributed by atoms with Crippen LogP contribution in [0.3, 0.4) is 0 Å². The molecule has 58 heavy (non-hydrogen) atoms. The second-order valence-corrected chi connectivity index (χ2v) is 20.0. The number of hydrogen-bond donors (Lipinski definition) is 0. The van der Waals surface area contributed by atoms with E-state index in [2.05, 4.69) is 20.8 Å². The Hall–Kier alpha value is -2.12. The molecule has 8 rings (SSSR count). The molecule has 1 aliphatic heterocycles. The predicted molar refractivity (Wildman–Crippen MR) is 241 cm³/mol. The first-order valence-corrected chi connectivity index (χ1v) is 21.1. The standard InChI is InChI=1S/C18H30O2.C14H20O4.C12H22O2.6CH4/c1-5-17(3,4)16(19)20-18(6-2)14-8-12-7-13(10-14)11-15(18)9-12;1-4-14(2,3)13(16)18-10-7-5-8-9(6-7)12(15)17-11(8)10;1-5-11(2,3)10(13)14-12(4)8-6-7-9-12;;;;;;/h12-15H,5-11H2,1-4H3;7-11H,4-6H2,1-3H3;5-9H2,1-4H3;6*1H4. The number of carbonyl (C=O) groups is 4. The van der Waals surface area contributed by atoms with Crippen molar-refractivity contribution in [2.24, 2.45) is 57.7 Å². The highest BCUT2D eigenvalue weighted by molar-refractivity contribution is 5.79. The molecule has 7 aliphatic carbocycles. The van der Waals surface area contributed by atoms with Gasteiger partial charge < -0.3 is 18.9 Å². The number of hydrogen-bond acceptors (Lipinski definition) is 8. The third-order valence-corrected chi connectivity index (χ3v) is 15.3. The Morgan fingerprint density at radius 1 is 0.638 bits per heavy atom. The van der Waals surface area contributed by atoms with Gasteiger partial charge in [-0.25, -0.2) is 0 Å². The first-order valence-electron chi connectivity index (χ1n) is 21.1. The molecule has 0 aromatic rings. The summed E-state index contributed by atoms with van der Waals surface area (Å²) in [5.74, 6) is 3.58. The fraction of sp³-hybridized carbons (Fsp3) is 0.920. The lowest BCUT2D eigenvalue weighted by molar-refractivity contribution is -0.218. The molecule has 0 aromatic heterocycles. The van der Waals surface area contributed by atoms with Gasteiger partial charge in [0.2, 0.25) is 0 Å². The number of rotatable bonds is 10. The van der Waals surface area contributed by atoms with Gasteiger partial charge in [0.15, 0.2) is 0 Å². The zero-order valence-electron chi connectivity index (χ0n) is 34.6. The Labute approximate surface area is 359 Å². The minimum atomic E-state index is -0.455. The first kappa shape index (κ1) is 58.0. The summed E-state index contributed by atoms with van der Waals surface area (Å²) in [6.07, 6.45) is 16.0. The smallest absolute Gasteiger partial charge is 0.312 e. The third kappa shape index (κ3) is 11.4. The van der Waals surface area contributed by atoms with Crippen LogP contribution in [-0.2, 0) is 38.1 Å². The first-order chi connectivity index (χ1) is 24.2. The lowest BCUT2D eigenvalue weighted by atomic mass is 9.49. The van der Waals surface area contributed by atoms with Gasteiger partial charge in [0.05, 0.1) is 22.2 Å². The summed E-state index contributed by atoms with van der Waals surface area (Å²) >= 11 is 0. The lowest BCUT2D eigenvalue weighted by Gasteiger charge is -2.60. The lowest BCUT2D eigenvalue weighted by Crippen LogP contribution is -2.60. The molecule has 6 bridgehead atoms. The number of carbonyl (C=O) groups excluding carboxylic acids is 4. The van der Waals surface area contributed by atoms with Crippen LogP contribution >= 0.6 is 0 Å². The Kier molecular flexibility index (Phi) is 21.6. The van der Waals surface area contributed by atoms with Gasteiger partial charge in [0.25, 0.3) is 0 Å². The normalized spacial score (nSPS) is 32.5. The van der Waals surface area contributed by atoms with Gasteiger partial charge in [0.1, 0.15) is 23.4 Å². The fourth-order valence-corrected chi connectivity index (χ4v) is 10.5. The minimum Gasteiger partial charge on any atom is -0.459 e. The molecule has 5 unspecified atom stereocenters. The van der Waals surface area contributed by atoms with E-state index in [0.717, 1.165) is 63.2 Å². The van der Waals surface area contributed by atoms with Crippen molar-refractivity contribution in [1.29, 1.82) is 0 Å². The van der Waals surface area contributed by atoms with E-state index >= 15 is 0 Å². The summed E-state index contributed by atoms with van der Waals surface area (Å²) in [7, 11) is 0. The maximum Gasteiger partial charge on any atom is 0.312 e. The van der Waals surface area contributed by atoms with Crippen LogP contribution < -0.4 is 0 Å². The van der Waals surface area contributed by atoms with Crippen molar-refractivity contribution in [3.05, 3.63) is 0 Å². The molecule has 8 heteroatoms. The van der Waals surface area contributed by atoms with Crippen molar-refractivity contribution < 1.29 is 38.1 Å². The quantitative estimate of drug-likeness (QED) is 0.158. The van der Waals surface area contributed by atoms with E-state index in [1.165, 1.54) is 44.9 Å². The van der Waals surface area contributed by atoms with E-state index in [4.69, 9.17) is 18.9 Å². The van der Waals surface area contributed by atoms with Gasteiger partial charge in [-0.2, -0.15) is 0 Å². The molecule has 0 spiro atoms. The molecular formula is C50H96O8. The molecule has 1 saturated heterocycles. The van der Waals surface area contributed by atoms with Crippen LogP contribution in [0.4, 0.5) is 0 Å². The topological polar surface area (TPSA) is 105 Å². The molecule has 8 nitrogen and oxygen atoms in total. The largest absolute Gasteiger partial charge is 0.459 e. The number of esters is 4. The van der Waals surface area contributed by atoms with Gasteiger partial charge in [0, 0.05) is 11.8 Å². The van der Waals surface area contributed by atoms with Crippen LogP contribution in [0.15, 0.2) is 0 Å². The van der Waals surface area contributed by atoms with Crippen LogP contribution in [0.1, 0.15) is 217 Å². The van der Waals surface area contributed by atoms with Crippen molar-refractivity contribution >= 4 is 23.9 Å². The number of ether oxygens (including phenoxy) is 4. The highest BCUT2D eigenvalue weighted by Gasteiger charge is 2.63. The molecule has 5 atom stereocenters. The molecule has 0 amide bonds. The average Bonchev–Trinajstić information content (AvgIpc) is 3.85.